The molecule has 0 unspecified atom stereocenters. The van der Waals surface area contributed by atoms with Gasteiger partial charge in [-0.05, 0) is 38.4 Å². The molecule has 5 heteroatoms. The van der Waals surface area contributed by atoms with Gasteiger partial charge in [0, 0.05) is 12.3 Å². The average molecular weight is 234 g/mol. The van der Waals surface area contributed by atoms with Crippen LogP contribution in [0.15, 0.2) is 0 Å². The molecule has 1 fully saturated rings. The highest BCUT2D eigenvalue weighted by Gasteiger charge is 2.19. The first-order chi connectivity index (χ1) is 7.07. The van der Waals surface area contributed by atoms with Crippen LogP contribution in [0, 0.1) is 5.92 Å². The van der Waals surface area contributed by atoms with Crippen LogP contribution in [0.5, 0.6) is 0 Å². The third-order valence-electron chi connectivity index (χ3n) is 3.20. The predicted octanol–water partition coefficient (Wildman–Crippen LogP) is 0.0918. The summed E-state index contributed by atoms with van der Waals surface area (Å²) in [5.74, 6) is 1.20. The summed E-state index contributed by atoms with van der Waals surface area (Å²) in [7, 11) is -2.80. The zero-order valence-corrected chi connectivity index (χ0v) is 10.3. The first-order valence-electron chi connectivity index (χ1n) is 5.70. The van der Waals surface area contributed by atoms with Crippen LogP contribution in [-0.2, 0) is 9.84 Å². The topological polar surface area (TPSA) is 63.4 Å². The van der Waals surface area contributed by atoms with Crippen molar-refractivity contribution in [2.45, 2.75) is 19.8 Å². The molecule has 0 amide bonds. The van der Waals surface area contributed by atoms with Crippen molar-refractivity contribution < 1.29 is 8.42 Å². The molecular formula is C10H22N2O2S. The van der Waals surface area contributed by atoms with Crippen LogP contribution in [0.3, 0.4) is 0 Å². The van der Waals surface area contributed by atoms with Crippen LogP contribution in [0.2, 0.25) is 0 Å². The fraction of sp³-hybridized carbons (Fsp3) is 1.00. The molecule has 2 N–H and O–H groups in total. The smallest absolute Gasteiger partial charge is 0.151 e. The van der Waals surface area contributed by atoms with Gasteiger partial charge in [0.05, 0.1) is 5.75 Å². The number of likely N-dealkylation sites (tertiary alicyclic amines) is 1. The molecule has 0 radical (unpaired) electrons. The largest absolute Gasteiger partial charge is 0.330 e. The minimum Gasteiger partial charge on any atom is -0.330 e. The number of nitrogens with zero attached hydrogens (tertiary/aromatic N) is 1. The third-order valence-corrected chi connectivity index (χ3v) is 4.88. The van der Waals surface area contributed by atoms with Crippen molar-refractivity contribution in [2.24, 2.45) is 11.7 Å². The zero-order chi connectivity index (χ0) is 11.3. The fourth-order valence-corrected chi connectivity index (χ4v) is 2.68. The number of rotatable bonds is 5. The zero-order valence-electron chi connectivity index (χ0n) is 9.48. The normalized spacial score (nSPS) is 20.7. The standard InChI is InChI=1S/C10H22N2O2S/c1-2-15(13,14)8-7-12-5-3-10(9-11)4-6-12/h10H,2-9,11H2,1H3. The van der Waals surface area contributed by atoms with Crippen molar-refractivity contribution in [1.29, 1.82) is 0 Å². The quantitative estimate of drug-likeness (QED) is 0.732. The monoisotopic (exact) mass is 234 g/mol. The van der Waals surface area contributed by atoms with Gasteiger partial charge in [0.2, 0.25) is 0 Å². The van der Waals surface area contributed by atoms with Crippen LogP contribution in [0.4, 0.5) is 0 Å². The van der Waals surface area contributed by atoms with Crippen molar-refractivity contribution in [3.05, 3.63) is 0 Å². The lowest BCUT2D eigenvalue weighted by Gasteiger charge is -2.31. The molecule has 0 aromatic rings. The highest BCUT2D eigenvalue weighted by atomic mass is 32.2. The molecule has 1 rings (SSSR count). The Morgan fingerprint density at radius 1 is 1.33 bits per heavy atom. The molecule has 0 aliphatic carbocycles. The molecule has 15 heavy (non-hydrogen) atoms. The van der Waals surface area contributed by atoms with Gasteiger partial charge in [0.1, 0.15) is 0 Å². The highest BCUT2D eigenvalue weighted by molar-refractivity contribution is 7.91. The SMILES string of the molecule is CCS(=O)(=O)CCN1CCC(CN)CC1. The van der Waals surface area contributed by atoms with Crippen molar-refractivity contribution >= 4 is 9.84 Å². The van der Waals surface area contributed by atoms with Gasteiger partial charge in [0.15, 0.2) is 9.84 Å². The van der Waals surface area contributed by atoms with Crippen LogP contribution in [0.1, 0.15) is 19.8 Å². The van der Waals surface area contributed by atoms with Gasteiger partial charge in [-0.3, -0.25) is 0 Å². The maximum absolute atomic E-state index is 11.3. The summed E-state index contributed by atoms with van der Waals surface area (Å²) in [4.78, 5) is 2.24. The van der Waals surface area contributed by atoms with Crippen LogP contribution in [-0.4, -0.2) is 51.0 Å². The second-order valence-corrected chi connectivity index (χ2v) is 6.73. The Morgan fingerprint density at radius 2 is 1.93 bits per heavy atom. The summed E-state index contributed by atoms with van der Waals surface area (Å²) in [6, 6.07) is 0. The lowest BCUT2D eigenvalue weighted by Crippen LogP contribution is -2.38. The van der Waals surface area contributed by atoms with E-state index in [4.69, 9.17) is 5.73 Å². The minimum absolute atomic E-state index is 0.256. The van der Waals surface area contributed by atoms with E-state index < -0.39 is 9.84 Å². The summed E-state index contributed by atoms with van der Waals surface area (Å²) >= 11 is 0. The maximum Gasteiger partial charge on any atom is 0.151 e. The Bertz CT molecular complexity index is 269. The number of sulfone groups is 1. The van der Waals surface area contributed by atoms with E-state index in [-0.39, 0.29) is 5.75 Å². The van der Waals surface area contributed by atoms with E-state index in [1.807, 2.05) is 0 Å². The summed E-state index contributed by atoms with van der Waals surface area (Å²) in [6.07, 6.45) is 2.23. The molecule has 1 saturated heterocycles. The van der Waals surface area contributed by atoms with E-state index in [2.05, 4.69) is 4.90 Å². The molecule has 90 valence electrons. The minimum atomic E-state index is -2.80. The van der Waals surface area contributed by atoms with Gasteiger partial charge in [-0.2, -0.15) is 0 Å². The molecule has 0 saturated carbocycles. The molecule has 1 aliphatic heterocycles. The third kappa shape index (κ3) is 4.49. The van der Waals surface area contributed by atoms with E-state index in [0.717, 1.165) is 32.5 Å². The molecule has 0 aromatic carbocycles. The van der Waals surface area contributed by atoms with Gasteiger partial charge in [-0.15, -0.1) is 0 Å². The van der Waals surface area contributed by atoms with Gasteiger partial charge in [-0.25, -0.2) is 8.42 Å². The van der Waals surface area contributed by atoms with Crippen molar-refractivity contribution in [2.75, 3.05) is 37.7 Å². The van der Waals surface area contributed by atoms with E-state index in [1.165, 1.54) is 0 Å². The average Bonchev–Trinajstić information content (AvgIpc) is 2.27. The Labute approximate surface area is 92.7 Å². The molecule has 1 heterocycles. The first kappa shape index (κ1) is 12.9. The molecule has 4 nitrogen and oxygen atoms in total. The number of piperidine rings is 1. The van der Waals surface area contributed by atoms with E-state index in [0.29, 0.717) is 18.2 Å². The van der Waals surface area contributed by atoms with Crippen LogP contribution in [0.25, 0.3) is 0 Å². The Balaban J connectivity index is 2.25. The van der Waals surface area contributed by atoms with Crippen molar-refractivity contribution in [1.82, 2.24) is 4.90 Å². The Kier molecular flexibility index (Phi) is 5.02. The lowest BCUT2D eigenvalue weighted by molar-refractivity contribution is 0.196. The van der Waals surface area contributed by atoms with E-state index in [9.17, 15) is 8.42 Å². The lowest BCUT2D eigenvalue weighted by atomic mass is 9.97. The maximum atomic E-state index is 11.3. The highest BCUT2D eigenvalue weighted by Crippen LogP contribution is 2.15. The van der Waals surface area contributed by atoms with Crippen molar-refractivity contribution in [3.8, 4) is 0 Å². The number of nitrogens with two attached hydrogens (primary N) is 1. The van der Waals surface area contributed by atoms with Gasteiger partial charge in [-0.1, -0.05) is 6.92 Å². The van der Waals surface area contributed by atoms with Crippen LogP contribution >= 0.6 is 0 Å². The number of hydrogen-bond donors (Lipinski definition) is 1. The molecule has 0 aromatic heterocycles. The first-order valence-corrected chi connectivity index (χ1v) is 7.52. The van der Waals surface area contributed by atoms with E-state index >= 15 is 0 Å². The summed E-state index contributed by atoms with van der Waals surface area (Å²) in [5, 5.41) is 0. The molecule has 0 spiro atoms. The Morgan fingerprint density at radius 3 is 2.40 bits per heavy atom. The molecule has 0 bridgehead atoms. The summed E-state index contributed by atoms with van der Waals surface area (Å²) < 4.78 is 22.6. The molecular weight excluding hydrogens is 212 g/mol. The molecule has 0 atom stereocenters. The fourth-order valence-electron chi connectivity index (χ4n) is 1.86. The summed E-state index contributed by atoms with van der Waals surface area (Å²) in [5.41, 5.74) is 5.60. The van der Waals surface area contributed by atoms with Gasteiger partial charge >= 0.3 is 0 Å². The summed E-state index contributed by atoms with van der Waals surface area (Å²) in [6.45, 7) is 5.16. The second kappa shape index (κ2) is 5.82. The van der Waals surface area contributed by atoms with Crippen LogP contribution < -0.4 is 5.73 Å². The van der Waals surface area contributed by atoms with Crippen molar-refractivity contribution in [3.63, 3.8) is 0 Å². The Hall–Kier alpha value is -0.130. The van der Waals surface area contributed by atoms with Gasteiger partial charge in [0.25, 0.3) is 0 Å². The molecule has 1 aliphatic rings. The second-order valence-electron chi connectivity index (χ2n) is 4.26. The number of hydrogen-bond acceptors (Lipinski definition) is 4. The predicted molar refractivity (Wildman–Crippen MR) is 62.5 cm³/mol. The van der Waals surface area contributed by atoms with Gasteiger partial charge < -0.3 is 10.6 Å². The van der Waals surface area contributed by atoms with E-state index in [1.54, 1.807) is 6.92 Å².